The van der Waals surface area contributed by atoms with Gasteiger partial charge in [0.2, 0.25) is 5.79 Å². The van der Waals surface area contributed by atoms with Crippen LogP contribution in [-0.4, -0.2) is 221 Å². The Bertz CT molecular complexity index is 1540. The third kappa shape index (κ3) is 11.2. The molecule has 0 bridgehead atoms. The maximum atomic E-state index is 11.4. The van der Waals surface area contributed by atoms with Crippen LogP contribution in [0.1, 0.15) is 11.1 Å². The number of aliphatic hydroxyl groups excluding tert-OH is 13. The van der Waals surface area contributed by atoms with Gasteiger partial charge in [0.05, 0.1) is 39.1 Å². The number of aliphatic hydroxyl groups is 14. The second-order valence-corrected chi connectivity index (χ2v) is 14.9. The molecule has 7 unspecified atom stereocenters. The molecular formula is C38H58N2O20. The van der Waals surface area contributed by atoms with E-state index in [2.05, 4.69) is 10.6 Å². The normalized spacial score (nSPS) is 42.0. The van der Waals surface area contributed by atoms with Crippen LogP contribution in [-0.2, 0) is 41.5 Å². The number of nitrogens with one attached hydrogen (secondary N) is 2. The highest BCUT2D eigenvalue weighted by Crippen LogP contribution is 2.34. The van der Waals surface area contributed by atoms with Gasteiger partial charge in [0.1, 0.15) is 91.7 Å². The lowest BCUT2D eigenvalue weighted by molar-refractivity contribution is -0.337. The lowest BCUT2D eigenvalue weighted by atomic mass is 9.94. The molecule has 0 spiro atoms. The Morgan fingerprint density at radius 1 is 0.500 bits per heavy atom. The van der Waals surface area contributed by atoms with Crippen LogP contribution in [0.15, 0.2) is 60.7 Å². The van der Waals surface area contributed by atoms with Crippen LogP contribution in [0.5, 0.6) is 0 Å². The van der Waals surface area contributed by atoms with Gasteiger partial charge < -0.3 is 105 Å². The highest BCUT2D eigenvalue weighted by molar-refractivity contribution is 5.16. The third-order valence-electron chi connectivity index (χ3n) is 10.8. The summed E-state index contributed by atoms with van der Waals surface area (Å²) in [6.45, 7) is -2.60. The first-order valence-electron chi connectivity index (χ1n) is 19.4. The largest absolute Gasteiger partial charge is 0.394 e. The fourth-order valence-electron chi connectivity index (χ4n) is 7.28. The molecule has 60 heavy (non-hydrogen) atoms. The van der Waals surface area contributed by atoms with E-state index >= 15 is 0 Å². The molecule has 19 atom stereocenters. The van der Waals surface area contributed by atoms with Crippen molar-refractivity contribution >= 4 is 0 Å². The van der Waals surface area contributed by atoms with E-state index in [1.165, 1.54) is 0 Å². The van der Waals surface area contributed by atoms with Crippen molar-refractivity contribution in [1.29, 1.82) is 0 Å². The van der Waals surface area contributed by atoms with E-state index in [1.54, 1.807) is 0 Å². The summed E-state index contributed by atoms with van der Waals surface area (Å²) in [4.78, 5) is 0. The van der Waals surface area contributed by atoms with Gasteiger partial charge in [-0.1, -0.05) is 60.7 Å². The number of hydrogen-bond donors (Lipinski definition) is 16. The summed E-state index contributed by atoms with van der Waals surface area (Å²) in [5, 5.41) is 145. The molecule has 340 valence electrons. The van der Waals surface area contributed by atoms with Crippen molar-refractivity contribution in [1.82, 2.24) is 10.6 Å². The zero-order chi connectivity index (χ0) is 43.7. The minimum atomic E-state index is -2.37. The van der Waals surface area contributed by atoms with E-state index in [0.717, 1.165) is 11.1 Å². The van der Waals surface area contributed by atoms with Gasteiger partial charge in [-0.3, -0.25) is 5.32 Å². The standard InChI is InChI=1S/C26H36N2O9.C12H22O11/c29-13-17-20(31)22(33)23(34)26(36-17)37-24-18(14-30)35-25(28-12-16-9-5-2-6-10-16)19(21(24)32)27-11-15-7-3-1-4-8-15;13-1-4-6(16)7(17)8(18)11(21-4)22-9-5(2-14)23-12(20,3-15)10(9)19/h1-10,17-34H,11-14H2;4-11,13-20H,1-3H2/t17?,18?,19?,20-,21+,22-,23?,24+,25+,26-;4?,5-,6+,7+,8?,9+,10?,11+,12+/m01/s1. The van der Waals surface area contributed by atoms with E-state index in [0.29, 0.717) is 13.1 Å². The van der Waals surface area contributed by atoms with Crippen LogP contribution in [0.3, 0.4) is 0 Å². The van der Waals surface area contributed by atoms with Gasteiger partial charge >= 0.3 is 0 Å². The second-order valence-electron chi connectivity index (χ2n) is 14.9. The molecular weight excluding hydrogens is 804 g/mol. The van der Waals surface area contributed by atoms with Crippen molar-refractivity contribution in [3.8, 4) is 0 Å². The van der Waals surface area contributed by atoms with E-state index in [9.17, 15) is 61.3 Å². The zero-order valence-electron chi connectivity index (χ0n) is 32.3. The summed E-state index contributed by atoms with van der Waals surface area (Å²) < 4.78 is 32.7. The van der Waals surface area contributed by atoms with Gasteiger partial charge in [-0.15, -0.1) is 0 Å². The van der Waals surface area contributed by atoms with Crippen LogP contribution in [0.2, 0.25) is 0 Å². The first-order chi connectivity index (χ1) is 28.7. The molecule has 22 nitrogen and oxygen atoms in total. The number of hydrogen-bond acceptors (Lipinski definition) is 22. The SMILES string of the molecule is OCC1O[C@@H](NCc2ccccc2)C(NCc2ccccc2)[C@@H](O)[C@@H]1O[C@@H]1OC(CO)[C@H](O)[C@H](O)C1O.OCC1O[C@@H](O[C@@H]2C(O)[C@](O)(CO)O[C@@H]2CO)C(O)[C@@H](O)[C@H]1O. The maximum absolute atomic E-state index is 11.4. The van der Waals surface area contributed by atoms with Crippen LogP contribution in [0.4, 0.5) is 0 Å². The molecule has 0 aliphatic carbocycles. The quantitative estimate of drug-likeness (QED) is 0.0791. The molecule has 4 heterocycles. The lowest BCUT2D eigenvalue weighted by Crippen LogP contribution is -2.69. The molecule has 22 heteroatoms. The molecule has 4 aliphatic heterocycles. The van der Waals surface area contributed by atoms with Crippen molar-refractivity contribution in [2.24, 2.45) is 0 Å². The van der Waals surface area contributed by atoms with Crippen LogP contribution >= 0.6 is 0 Å². The molecule has 4 aliphatic rings. The first kappa shape index (κ1) is 48.6. The highest BCUT2D eigenvalue weighted by atomic mass is 16.7. The Morgan fingerprint density at radius 2 is 0.950 bits per heavy atom. The van der Waals surface area contributed by atoms with Gasteiger partial charge in [-0.2, -0.15) is 0 Å². The van der Waals surface area contributed by atoms with Gasteiger partial charge in [0.25, 0.3) is 0 Å². The van der Waals surface area contributed by atoms with Gasteiger partial charge in [0, 0.05) is 13.1 Å². The summed E-state index contributed by atoms with van der Waals surface area (Å²) in [6, 6.07) is 18.5. The van der Waals surface area contributed by atoms with E-state index in [1.807, 2.05) is 60.7 Å². The fourth-order valence-corrected chi connectivity index (χ4v) is 7.28. The number of benzene rings is 2. The Hall–Kier alpha value is -2.44. The van der Waals surface area contributed by atoms with Crippen LogP contribution in [0.25, 0.3) is 0 Å². The Labute approximate surface area is 344 Å². The monoisotopic (exact) mass is 862 g/mol. The van der Waals surface area contributed by atoms with Crippen molar-refractivity contribution in [3.05, 3.63) is 71.8 Å². The average molecular weight is 863 g/mol. The number of rotatable bonds is 15. The molecule has 0 radical (unpaired) electrons. The Balaban J connectivity index is 0.000000255. The summed E-state index contributed by atoms with van der Waals surface area (Å²) in [5.74, 6) is -2.37. The van der Waals surface area contributed by atoms with Crippen molar-refractivity contribution in [2.75, 3.05) is 33.0 Å². The molecule has 4 fully saturated rings. The summed E-state index contributed by atoms with van der Waals surface area (Å²) in [7, 11) is 0. The third-order valence-corrected chi connectivity index (χ3v) is 10.8. The summed E-state index contributed by atoms with van der Waals surface area (Å²) in [5.41, 5.74) is 1.98. The fraction of sp³-hybridized carbons (Fsp3) is 0.684. The average Bonchev–Trinajstić information content (AvgIpc) is 3.52. The molecule has 0 amide bonds. The smallest absolute Gasteiger partial charge is 0.219 e. The van der Waals surface area contributed by atoms with Gasteiger partial charge in [0.15, 0.2) is 12.6 Å². The molecule has 0 saturated carbocycles. The molecule has 2 aromatic rings. The molecule has 4 saturated heterocycles. The maximum Gasteiger partial charge on any atom is 0.219 e. The Morgan fingerprint density at radius 3 is 1.40 bits per heavy atom. The van der Waals surface area contributed by atoms with Gasteiger partial charge in [-0.25, -0.2) is 0 Å². The minimum Gasteiger partial charge on any atom is -0.394 e. The zero-order valence-corrected chi connectivity index (χ0v) is 32.3. The number of ether oxygens (including phenoxy) is 6. The van der Waals surface area contributed by atoms with E-state index in [-0.39, 0.29) is 0 Å². The van der Waals surface area contributed by atoms with E-state index in [4.69, 9.17) is 38.6 Å². The summed E-state index contributed by atoms with van der Waals surface area (Å²) >= 11 is 0. The van der Waals surface area contributed by atoms with Crippen molar-refractivity contribution in [2.45, 2.75) is 129 Å². The minimum absolute atomic E-state index is 0.409. The van der Waals surface area contributed by atoms with Crippen LogP contribution in [0, 0.1) is 0 Å². The molecule has 16 N–H and O–H groups in total. The molecule has 2 aromatic carbocycles. The summed E-state index contributed by atoms with van der Waals surface area (Å²) in [6.07, 6.45) is -23.9. The first-order valence-corrected chi connectivity index (χ1v) is 19.4. The lowest BCUT2D eigenvalue weighted by Gasteiger charge is -2.47. The molecule has 6 rings (SSSR count). The predicted molar refractivity (Wildman–Crippen MR) is 199 cm³/mol. The van der Waals surface area contributed by atoms with Gasteiger partial charge in [-0.05, 0) is 11.1 Å². The second kappa shape index (κ2) is 22.3. The highest BCUT2D eigenvalue weighted by Gasteiger charge is 2.57. The van der Waals surface area contributed by atoms with Crippen LogP contribution < -0.4 is 10.6 Å². The predicted octanol–water partition coefficient (Wildman–Crippen LogP) is -7.20. The molecule has 0 aromatic heterocycles. The Kier molecular flexibility index (Phi) is 18.0. The van der Waals surface area contributed by atoms with E-state index < -0.39 is 149 Å². The van der Waals surface area contributed by atoms with Crippen molar-refractivity contribution < 1.29 is 99.9 Å². The van der Waals surface area contributed by atoms with Crippen molar-refractivity contribution in [3.63, 3.8) is 0 Å². The topological polar surface area (TPSA) is 363 Å².